The lowest BCUT2D eigenvalue weighted by Crippen LogP contribution is -2.29. The topological polar surface area (TPSA) is 23.5 Å². The van der Waals surface area contributed by atoms with Gasteiger partial charge in [-0.25, -0.2) is 0 Å². The fourth-order valence-electron chi connectivity index (χ4n) is 2.13. The first kappa shape index (κ1) is 13.5. The van der Waals surface area contributed by atoms with Crippen LogP contribution in [0.3, 0.4) is 0 Å². The van der Waals surface area contributed by atoms with Gasteiger partial charge in [-0.3, -0.25) is 4.90 Å². The number of benzene rings is 1. The summed E-state index contributed by atoms with van der Waals surface area (Å²) in [5, 5.41) is 8.94. The van der Waals surface area contributed by atoms with Crippen molar-refractivity contribution in [1.82, 2.24) is 4.90 Å². The highest BCUT2D eigenvalue weighted by Gasteiger charge is 2.09. The van der Waals surface area contributed by atoms with E-state index < -0.39 is 0 Å². The number of aliphatic hydroxyl groups is 1. The zero-order valence-electron chi connectivity index (χ0n) is 9.56. The minimum atomic E-state index is 0. The number of piperidine rings is 1. The monoisotopic (exact) mass is 241 g/mol. The van der Waals surface area contributed by atoms with E-state index in [0.717, 1.165) is 12.1 Å². The van der Waals surface area contributed by atoms with E-state index in [9.17, 15) is 0 Å². The minimum Gasteiger partial charge on any atom is -0.392 e. The minimum absolute atomic E-state index is 0. The van der Waals surface area contributed by atoms with Gasteiger partial charge in [0.1, 0.15) is 0 Å². The Balaban J connectivity index is 0.00000128. The van der Waals surface area contributed by atoms with Crippen molar-refractivity contribution in [3.05, 3.63) is 35.4 Å². The third-order valence-corrected chi connectivity index (χ3v) is 3.06. The largest absolute Gasteiger partial charge is 0.392 e. The molecule has 16 heavy (non-hydrogen) atoms. The molecule has 90 valence electrons. The lowest BCUT2D eigenvalue weighted by Gasteiger charge is -2.26. The van der Waals surface area contributed by atoms with E-state index in [1.54, 1.807) is 0 Å². The van der Waals surface area contributed by atoms with Gasteiger partial charge in [-0.05, 0) is 37.1 Å². The maximum atomic E-state index is 8.94. The van der Waals surface area contributed by atoms with Gasteiger partial charge in [0.25, 0.3) is 0 Å². The molecule has 0 unspecified atom stereocenters. The first-order valence-corrected chi connectivity index (χ1v) is 5.79. The zero-order chi connectivity index (χ0) is 10.5. The van der Waals surface area contributed by atoms with Crippen molar-refractivity contribution >= 4 is 12.4 Å². The maximum Gasteiger partial charge on any atom is 0.0681 e. The van der Waals surface area contributed by atoms with E-state index in [1.807, 2.05) is 12.1 Å². The average molecular weight is 242 g/mol. The van der Waals surface area contributed by atoms with Crippen LogP contribution in [0.25, 0.3) is 0 Å². The van der Waals surface area contributed by atoms with Gasteiger partial charge >= 0.3 is 0 Å². The highest BCUT2D eigenvalue weighted by molar-refractivity contribution is 5.85. The molecule has 1 aromatic carbocycles. The van der Waals surface area contributed by atoms with Crippen molar-refractivity contribution in [3.8, 4) is 0 Å². The van der Waals surface area contributed by atoms with Crippen LogP contribution in [0.15, 0.2) is 24.3 Å². The highest BCUT2D eigenvalue weighted by atomic mass is 35.5. The molecule has 0 spiro atoms. The molecule has 1 aliphatic heterocycles. The second-order valence-electron chi connectivity index (χ2n) is 4.31. The van der Waals surface area contributed by atoms with Gasteiger partial charge < -0.3 is 5.11 Å². The first-order valence-electron chi connectivity index (χ1n) is 5.79. The normalized spacial score (nSPS) is 16.8. The molecule has 2 rings (SSSR count). The van der Waals surface area contributed by atoms with Crippen LogP contribution in [-0.2, 0) is 13.2 Å². The van der Waals surface area contributed by atoms with E-state index in [-0.39, 0.29) is 19.0 Å². The van der Waals surface area contributed by atoms with E-state index in [2.05, 4.69) is 17.0 Å². The van der Waals surface area contributed by atoms with Gasteiger partial charge in [0, 0.05) is 6.54 Å². The quantitative estimate of drug-likeness (QED) is 0.880. The van der Waals surface area contributed by atoms with Crippen molar-refractivity contribution < 1.29 is 5.11 Å². The number of rotatable bonds is 3. The number of halogens is 1. The van der Waals surface area contributed by atoms with Crippen LogP contribution in [0.5, 0.6) is 0 Å². The van der Waals surface area contributed by atoms with Gasteiger partial charge in [0.05, 0.1) is 6.61 Å². The Morgan fingerprint density at radius 3 is 2.06 bits per heavy atom. The molecule has 0 atom stereocenters. The number of likely N-dealkylation sites (tertiary alicyclic amines) is 1. The molecular weight excluding hydrogens is 222 g/mol. The summed E-state index contributed by atoms with van der Waals surface area (Å²) in [5.41, 5.74) is 2.35. The Kier molecular flexibility index (Phi) is 5.81. The molecule has 1 heterocycles. The molecule has 3 heteroatoms. The second kappa shape index (κ2) is 6.89. The molecule has 0 aliphatic carbocycles. The van der Waals surface area contributed by atoms with Crippen LogP contribution in [-0.4, -0.2) is 23.1 Å². The molecule has 1 saturated heterocycles. The summed E-state index contributed by atoms with van der Waals surface area (Å²) in [6.45, 7) is 3.68. The molecule has 0 bridgehead atoms. The Bertz CT molecular complexity index is 293. The third kappa shape index (κ3) is 3.78. The molecule has 0 aromatic heterocycles. The number of aliphatic hydroxyl groups excluding tert-OH is 1. The van der Waals surface area contributed by atoms with Gasteiger partial charge in [-0.2, -0.15) is 0 Å². The maximum absolute atomic E-state index is 8.94. The lowest BCUT2D eigenvalue weighted by atomic mass is 10.1. The Hall–Kier alpha value is -0.570. The number of hydrogen-bond acceptors (Lipinski definition) is 2. The zero-order valence-corrected chi connectivity index (χ0v) is 10.4. The molecular formula is C13H20ClNO. The smallest absolute Gasteiger partial charge is 0.0681 e. The fourth-order valence-corrected chi connectivity index (χ4v) is 2.13. The summed E-state index contributed by atoms with van der Waals surface area (Å²) in [7, 11) is 0. The van der Waals surface area contributed by atoms with Crippen molar-refractivity contribution in [1.29, 1.82) is 0 Å². The van der Waals surface area contributed by atoms with Crippen molar-refractivity contribution in [3.63, 3.8) is 0 Å². The van der Waals surface area contributed by atoms with E-state index in [0.29, 0.717) is 0 Å². The van der Waals surface area contributed by atoms with Crippen LogP contribution in [0.4, 0.5) is 0 Å². The molecule has 2 nitrogen and oxygen atoms in total. The highest BCUT2D eigenvalue weighted by Crippen LogP contribution is 2.13. The van der Waals surface area contributed by atoms with Crippen molar-refractivity contribution in [2.75, 3.05) is 13.1 Å². The molecule has 0 amide bonds. The van der Waals surface area contributed by atoms with Crippen LogP contribution < -0.4 is 0 Å². The molecule has 1 fully saturated rings. The molecule has 0 saturated carbocycles. The molecule has 1 aromatic rings. The summed E-state index contributed by atoms with van der Waals surface area (Å²) in [5.74, 6) is 0. The van der Waals surface area contributed by atoms with Crippen LogP contribution in [0.1, 0.15) is 30.4 Å². The SMILES string of the molecule is Cl.OCc1ccc(CN2CCCCC2)cc1. The van der Waals surface area contributed by atoms with Crippen molar-refractivity contribution in [2.24, 2.45) is 0 Å². The summed E-state index contributed by atoms with van der Waals surface area (Å²) in [4.78, 5) is 2.51. The predicted molar refractivity (Wildman–Crippen MR) is 68.7 cm³/mol. The summed E-state index contributed by atoms with van der Waals surface area (Å²) >= 11 is 0. The van der Waals surface area contributed by atoms with Gasteiger partial charge in [0.15, 0.2) is 0 Å². The number of hydrogen-bond donors (Lipinski definition) is 1. The standard InChI is InChI=1S/C13H19NO.ClH/c15-11-13-6-4-12(5-7-13)10-14-8-2-1-3-9-14;/h4-7,15H,1-3,8-11H2;1H. The Morgan fingerprint density at radius 2 is 1.50 bits per heavy atom. The van der Waals surface area contributed by atoms with Crippen LogP contribution in [0.2, 0.25) is 0 Å². The first-order chi connectivity index (χ1) is 7.38. The van der Waals surface area contributed by atoms with Gasteiger partial charge in [0.2, 0.25) is 0 Å². The van der Waals surface area contributed by atoms with Gasteiger partial charge in [-0.1, -0.05) is 30.7 Å². The van der Waals surface area contributed by atoms with Crippen molar-refractivity contribution in [2.45, 2.75) is 32.4 Å². The van der Waals surface area contributed by atoms with E-state index in [1.165, 1.54) is 37.9 Å². The fraction of sp³-hybridized carbons (Fsp3) is 0.538. The third-order valence-electron chi connectivity index (χ3n) is 3.06. The van der Waals surface area contributed by atoms with E-state index in [4.69, 9.17) is 5.11 Å². The summed E-state index contributed by atoms with van der Waals surface area (Å²) in [6.07, 6.45) is 4.07. The second-order valence-corrected chi connectivity index (χ2v) is 4.31. The van der Waals surface area contributed by atoms with E-state index >= 15 is 0 Å². The van der Waals surface area contributed by atoms with Gasteiger partial charge in [-0.15, -0.1) is 12.4 Å². The molecule has 1 aliphatic rings. The summed E-state index contributed by atoms with van der Waals surface area (Å²) in [6, 6.07) is 8.28. The molecule has 0 radical (unpaired) electrons. The average Bonchev–Trinajstić information content (AvgIpc) is 2.31. The Morgan fingerprint density at radius 1 is 0.938 bits per heavy atom. The van der Waals surface area contributed by atoms with Crippen LogP contribution in [0, 0.1) is 0 Å². The molecule has 1 N–H and O–H groups in total. The predicted octanol–water partition coefficient (Wildman–Crippen LogP) is 2.59. The lowest BCUT2D eigenvalue weighted by molar-refractivity contribution is 0.221. The number of nitrogens with zero attached hydrogens (tertiary/aromatic N) is 1. The summed E-state index contributed by atoms with van der Waals surface area (Å²) < 4.78 is 0. The van der Waals surface area contributed by atoms with Crippen LogP contribution >= 0.6 is 12.4 Å². The Labute approximate surface area is 104 Å².